The number of thiophene rings is 1. The molecule has 1 amide bonds. The minimum Gasteiger partial charge on any atom is -0.393 e. The van der Waals surface area contributed by atoms with Crippen LogP contribution in [0.25, 0.3) is 0 Å². The second-order valence-corrected chi connectivity index (χ2v) is 5.97. The highest BCUT2D eigenvalue weighted by molar-refractivity contribution is 7.80. The minimum atomic E-state index is 0.106. The Labute approximate surface area is 124 Å². The van der Waals surface area contributed by atoms with Gasteiger partial charge in [0.1, 0.15) is 0 Å². The molecule has 0 aliphatic rings. The Morgan fingerprint density at radius 1 is 1.53 bits per heavy atom. The van der Waals surface area contributed by atoms with Gasteiger partial charge < -0.3 is 10.6 Å². The van der Waals surface area contributed by atoms with Crippen LogP contribution in [0.15, 0.2) is 17.5 Å². The summed E-state index contributed by atoms with van der Waals surface area (Å²) in [5, 5.41) is 2.05. The lowest BCUT2D eigenvalue weighted by Crippen LogP contribution is -2.39. The van der Waals surface area contributed by atoms with Crippen molar-refractivity contribution in [1.29, 1.82) is 0 Å². The van der Waals surface area contributed by atoms with E-state index in [1.54, 1.807) is 23.3 Å². The highest BCUT2D eigenvalue weighted by Gasteiger charge is 2.14. The monoisotopic (exact) mass is 299 g/mol. The third-order valence-corrected chi connectivity index (χ3v) is 3.95. The molecule has 0 radical (unpaired) electrons. The third kappa shape index (κ3) is 6.13. The number of nitrogens with two attached hydrogens (primary N) is 1. The zero-order valence-corrected chi connectivity index (χ0v) is 13.1. The van der Waals surface area contributed by atoms with Crippen molar-refractivity contribution < 1.29 is 4.79 Å². The zero-order chi connectivity index (χ0) is 14.3. The van der Waals surface area contributed by atoms with E-state index in [0.717, 1.165) is 13.1 Å². The van der Waals surface area contributed by atoms with Crippen LogP contribution in [-0.2, 0) is 11.3 Å². The number of likely N-dealkylation sites (N-methyl/N-ethyl adjacent to an activating group) is 2. The van der Waals surface area contributed by atoms with E-state index in [1.807, 2.05) is 6.07 Å². The number of hydrogen-bond acceptors (Lipinski definition) is 4. The molecule has 0 aliphatic carbocycles. The number of carbonyl (C=O) groups is 1. The second kappa shape index (κ2) is 8.24. The maximum Gasteiger partial charge on any atom is 0.236 e. The van der Waals surface area contributed by atoms with E-state index in [9.17, 15) is 4.79 Å². The van der Waals surface area contributed by atoms with Crippen LogP contribution < -0.4 is 5.73 Å². The normalized spacial score (nSPS) is 10.7. The van der Waals surface area contributed by atoms with Gasteiger partial charge in [-0.15, -0.1) is 11.3 Å². The van der Waals surface area contributed by atoms with Crippen LogP contribution in [0.1, 0.15) is 18.2 Å². The Morgan fingerprint density at radius 2 is 2.26 bits per heavy atom. The molecule has 4 nitrogen and oxygen atoms in total. The first-order valence-electron chi connectivity index (χ1n) is 6.30. The van der Waals surface area contributed by atoms with E-state index in [2.05, 4.69) is 23.3 Å². The van der Waals surface area contributed by atoms with Crippen molar-refractivity contribution in [3.8, 4) is 0 Å². The zero-order valence-electron chi connectivity index (χ0n) is 11.5. The molecular formula is C13H21N3OS2. The Hall–Kier alpha value is -0.980. The Kier molecular flexibility index (Phi) is 6.97. The molecule has 2 N–H and O–H groups in total. The van der Waals surface area contributed by atoms with Gasteiger partial charge >= 0.3 is 0 Å². The van der Waals surface area contributed by atoms with Gasteiger partial charge in [0, 0.05) is 31.4 Å². The van der Waals surface area contributed by atoms with E-state index >= 15 is 0 Å². The fourth-order valence-corrected chi connectivity index (χ4v) is 2.45. The molecule has 0 saturated carbocycles. The number of rotatable bonds is 8. The molecular weight excluding hydrogens is 278 g/mol. The van der Waals surface area contributed by atoms with Crippen molar-refractivity contribution in [1.82, 2.24) is 9.80 Å². The van der Waals surface area contributed by atoms with Gasteiger partial charge in [-0.2, -0.15) is 0 Å². The summed E-state index contributed by atoms with van der Waals surface area (Å²) in [4.78, 5) is 17.6. The molecule has 1 aromatic rings. The molecule has 0 spiro atoms. The number of carbonyl (C=O) groups excluding carboxylic acids is 1. The fourth-order valence-electron chi connectivity index (χ4n) is 1.62. The fraction of sp³-hybridized carbons (Fsp3) is 0.538. The second-order valence-electron chi connectivity index (χ2n) is 4.41. The maximum atomic E-state index is 12.1. The molecule has 19 heavy (non-hydrogen) atoms. The van der Waals surface area contributed by atoms with Crippen LogP contribution in [-0.4, -0.2) is 47.4 Å². The summed E-state index contributed by atoms with van der Waals surface area (Å²) in [7, 11) is 1.79. The number of nitrogens with zero attached hydrogens (tertiary/aromatic N) is 2. The highest BCUT2D eigenvalue weighted by atomic mass is 32.1. The standard InChI is InChI=1S/C13H21N3OS2/c1-3-16(9-11-5-4-8-19-11)10-13(17)15(2)7-6-12(14)18/h4-5,8H,3,6-7,9-10H2,1-2H3,(H2,14,18). The summed E-state index contributed by atoms with van der Waals surface area (Å²) >= 11 is 6.53. The summed E-state index contributed by atoms with van der Waals surface area (Å²) in [6, 6.07) is 4.12. The minimum absolute atomic E-state index is 0.106. The van der Waals surface area contributed by atoms with Gasteiger partial charge in [0.25, 0.3) is 0 Å². The summed E-state index contributed by atoms with van der Waals surface area (Å²) in [5.41, 5.74) is 5.44. The van der Waals surface area contributed by atoms with Gasteiger partial charge in [-0.1, -0.05) is 25.2 Å². The van der Waals surface area contributed by atoms with Crippen molar-refractivity contribution in [2.45, 2.75) is 19.9 Å². The Bertz CT molecular complexity index is 406. The number of amides is 1. The van der Waals surface area contributed by atoms with Crippen molar-refractivity contribution in [3.05, 3.63) is 22.4 Å². The first-order valence-corrected chi connectivity index (χ1v) is 7.58. The van der Waals surface area contributed by atoms with Crippen molar-refractivity contribution >= 4 is 34.5 Å². The lowest BCUT2D eigenvalue weighted by molar-refractivity contribution is -0.131. The van der Waals surface area contributed by atoms with E-state index in [-0.39, 0.29) is 5.91 Å². The number of thiocarbonyl (C=S) groups is 1. The molecule has 0 atom stereocenters. The molecule has 1 rings (SSSR count). The smallest absolute Gasteiger partial charge is 0.236 e. The first kappa shape index (κ1) is 16.1. The van der Waals surface area contributed by atoms with Gasteiger partial charge in [0.05, 0.1) is 11.5 Å². The molecule has 0 aliphatic heterocycles. The average molecular weight is 299 g/mol. The van der Waals surface area contributed by atoms with E-state index < -0.39 is 0 Å². The summed E-state index contributed by atoms with van der Waals surface area (Å²) in [6.07, 6.45) is 0.578. The summed E-state index contributed by atoms with van der Waals surface area (Å²) < 4.78 is 0. The largest absolute Gasteiger partial charge is 0.393 e. The van der Waals surface area contributed by atoms with Crippen LogP contribution in [0.4, 0.5) is 0 Å². The number of hydrogen-bond donors (Lipinski definition) is 1. The molecule has 0 fully saturated rings. The lowest BCUT2D eigenvalue weighted by atomic mass is 10.3. The van der Waals surface area contributed by atoms with Crippen molar-refractivity contribution in [3.63, 3.8) is 0 Å². The topological polar surface area (TPSA) is 49.6 Å². The van der Waals surface area contributed by atoms with Gasteiger partial charge in [-0.05, 0) is 18.0 Å². The van der Waals surface area contributed by atoms with E-state index in [4.69, 9.17) is 18.0 Å². The molecule has 0 bridgehead atoms. The molecule has 1 aromatic heterocycles. The van der Waals surface area contributed by atoms with Gasteiger partial charge in [0.2, 0.25) is 5.91 Å². The maximum absolute atomic E-state index is 12.1. The first-order chi connectivity index (χ1) is 9.02. The van der Waals surface area contributed by atoms with Gasteiger partial charge in [-0.3, -0.25) is 9.69 Å². The van der Waals surface area contributed by atoms with Crippen LogP contribution >= 0.6 is 23.6 Å². The van der Waals surface area contributed by atoms with Crippen LogP contribution in [0, 0.1) is 0 Å². The van der Waals surface area contributed by atoms with Crippen LogP contribution in [0.2, 0.25) is 0 Å². The molecule has 6 heteroatoms. The Balaban J connectivity index is 2.41. The predicted octanol–water partition coefficient (Wildman–Crippen LogP) is 1.70. The molecule has 0 aromatic carbocycles. The highest BCUT2D eigenvalue weighted by Crippen LogP contribution is 2.11. The Morgan fingerprint density at radius 3 is 2.79 bits per heavy atom. The third-order valence-electron chi connectivity index (χ3n) is 2.88. The van der Waals surface area contributed by atoms with Crippen molar-refractivity contribution in [2.24, 2.45) is 5.73 Å². The molecule has 106 valence electrons. The average Bonchev–Trinajstić information content (AvgIpc) is 2.87. The van der Waals surface area contributed by atoms with Crippen molar-refractivity contribution in [2.75, 3.05) is 26.7 Å². The predicted molar refractivity (Wildman–Crippen MR) is 84.3 cm³/mol. The summed E-state index contributed by atoms with van der Waals surface area (Å²) in [5.74, 6) is 0.106. The quantitative estimate of drug-likeness (QED) is 0.742. The van der Waals surface area contributed by atoms with Gasteiger partial charge in [-0.25, -0.2) is 0 Å². The van der Waals surface area contributed by atoms with E-state index in [1.165, 1.54) is 4.88 Å². The molecule has 0 unspecified atom stereocenters. The molecule has 1 heterocycles. The lowest BCUT2D eigenvalue weighted by Gasteiger charge is -2.23. The summed E-state index contributed by atoms with van der Waals surface area (Å²) in [6.45, 7) is 4.76. The molecule has 0 saturated heterocycles. The van der Waals surface area contributed by atoms with Crippen LogP contribution in [0.3, 0.4) is 0 Å². The van der Waals surface area contributed by atoms with Crippen LogP contribution in [0.5, 0.6) is 0 Å². The van der Waals surface area contributed by atoms with E-state index in [0.29, 0.717) is 24.5 Å². The SMILES string of the molecule is CCN(CC(=O)N(C)CCC(N)=S)Cc1cccs1. The van der Waals surface area contributed by atoms with Gasteiger partial charge in [0.15, 0.2) is 0 Å².